The number of fused-ring (bicyclic) bond motifs is 1. The Morgan fingerprint density at radius 1 is 1.42 bits per heavy atom. The van der Waals surface area contributed by atoms with Crippen molar-refractivity contribution in [3.63, 3.8) is 0 Å². The molecule has 0 atom stereocenters. The first-order valence-electron chi connectivity index (χ1n) is 6.32. The molecule has 1 heterocycles. The number of hydrogen-bond acceptors (Lipinski definition) is 3. The second-order valence-electron chi connectivity index (χ2n) is 5.10. The topological polar surface area (TPSA) is 64.2 Å². The molecule has 0 saturated carbocycles. The van der Waals surface area contributed by atoms with Crippen LogP contribution in [0.25, 0.3) is 11.1 Å². The lowest BCUT2D eigenvalue weighted by molar-refractivity contribution is -0.120. The molecule has 0 unspecified atom stereocenters. The van der Waals surface area contributed by atoms with Gasteiger partial charge < -0.3 is 9.73 Å². The number of amides is 1. The summed E-state index contributed by atoms with van der Waals surface area (Å²) in [5.41, 5.74) is 2.11. The molecule has 5 heteroatoms. The molecule has 0 aliphatic heterocycles. The van der Waals surface area contributed by atoms with E-state index in [-0.39, 0.29) is 5.91 Å². The molecule has 102 valence electrons. The average molecular weight is 262 g/mol. The molecule has 5 nitrogen and oxygen atoms in total. The van der Waals surface area contributed by atoms with E-state index in [1.165, 1.54) is 4.57 Å². The third-order valence-corrected chi connectivity index (χ3v) is 2.93. The van der Waals surface area contributed by atoms with Crippen molar-refractivity contribution in [3.05, 3.63) is 34.3 Å². The Morgan fingerprint density at radius 2 is 2.16 bits per heavy atom. The fourth-order valence-electron chi connectivity index (χ4n) is 1.85. The molecule has 0 bridgehead atoms. The van der Waals surface area contributed by atoms with Crippen molar-refractivity contribution < 1.29 is 9.21 Å². The fraction of sp³-hybridized carbons (Fsp3) is 0.429. The summed E-state index contributed by atoms with van der Waals surface area (Å²) in [5.74, 6) is 0.0269. The van der Waals surface area contributed by atoms with Gasteiger partial charge in [-0.05, 0) is 23.6 Å². The predicted molar refractivity (Wildman–Crippen MR) is 73.0 cm³/mol. The molecular weight excluding hydrogens is 244 g/mol. The minimum Gasteiger partial charge on any atom is -0.408 e. The fourth-order valence-corrected chi connectivity index (χ4v) is 1.85. The van der Waals surface area contributed by atoms with E-state index in [0.717, 1.165) is 5.56 Å². The first kappa shape index (κ1) is 13.4. The maximum absolute atomic E-state index is 11.7. The highest BCUT2D eigenvalue weighted by atomic mass is 16.4. The van der Waals surface area contributed by atoms with E-state index in [1.807, 2.05) is 19.9 Å². The number of carbonyl (C=O) groups excluding carboxylic acids is 1. The first-order chi connectivity index (χ1) is 8.97. The number of aromatic nitrogens is 1. The van der Waals surface area contributed by atoms with Gasteiger partial charge in [-0.2, -0.15) is 0 Å². The zero-order chi connectivity index (χ0) is 14.0. The molecule has 1 amide bonds. The summed E-state index contributed by atoms with van der Waals surface area (Å²) in [6.45, 7) is 4.77. The molecule has 2 rings (SSSR count). The second-order valence-corrected chi connectivity index (χ2v) is 5.10. The Morgan fingerprint density at radius 3 is 2.84 bits per heavy atom. The van der Waals surface area contributed by atoms with Gasteiger partial charge in [0.25, 0.3) is 0 Å². The van der Waals surface area contributed by atoms with Crippen LogP contribution in [-0.2, 0) is 18.3 Å². The van der Waals surface area contributed by atoms with Crippen LogP contribution in [0.15, 0.2) is 27.4 Å². The Balaban J connectivity index is 2.15. The molecule has 1 aromatic carbocycles. The highest BCUT2D eigenvalue weighted by Gasteiger charge is 2.09. The van der Waals surface area contributed by atoms with Gasteiger partial charge in [0.1, 0.15) is 0 Å². The van der Waals surface area contributed by atoms with Crippen LogP contribution in [0.4, 0.5) is 0 Å². The zero-order valence-corrected chi connectivity index (χ0v) is 11.4. The first-order valence-corrected chi connectivity index (χ1v) is 6.32. The third kappa shape index (κ3) is 3.05. The summed E-state index contributed by atoms with van der Waals surface area (Å²) >= 11 is 0. The SMILES string of the molecule is CC(C)CNC(=O)Cc1ccc2oc(=O)n(C)c2c1. The standard InChI is InChI=1S/C14H18N2O3/c1-9(2)8-15-13(17)7-10-4-5-12-11(6-10)16(3)14(18)19-12/h4-6,9H,7-8H2,1-3H3,(H,15,17). The van der Waals surface area contributed by atoms with E-state index in [2.05, 4.69) is 5.32 Å². The number of benzene rings is 1. The number of oxazole rings is 1. The largest absolute Gasteiger partial charge is 0.419 e. The van der Waals surface area contributed by atoms with E-state index in [4.69, 9.17) is 4.42 Å². The minimum atomic E-state index is -0.392. The van der Waals surface area contributed by atoms with Crippen molar-refractivity contribution in [2.45, 2.75) is 20.3 Å². The van der Waals surface area contributed by atoms with Gasteiger partial charge in [-0.25, -0.2) is 4.79 Å². The van der Waals surface area contributed by atoms with Crippen LogP contribution < -0.4 is 11.1 Å². The van der Waals surface area contributed by atoms with Crippen LogP contribution in [0.5, 0.6) is 0 Å². The molecule has 0 fully saturated rings. The van der Waals surface area contributed by atoms with Crippen LogP contribution in [0.1, 0.15) is 19.4 Å². The number of rotatable bonds is 4. The summed E-state index contributed by atoms with van der Waals surface area (Å²) in [7, 11) is 1.65. The maximum Gasteiger partial charge on any atom is 0.419 e. The van der Waals surface area contributed by atoms with Crippen molar-refractivity contribution in [2.75, 3.05) is 6.54 Å². The van der Waals surface area contributed by atoms with E-state index in [9.17, 15) is 9.59 Å². The Labute approximate surface area is 111 Å². The van der Waals surface area contributed by atoms with Crippen LogP contribution >= 0.6 is 0 Å². The van der Waals surface area contributed by atoms with Crippen LogP contribution in [-0.4, -0.2) is 17.0 Å². The summed E-state index contributed by atoms with van der Waals surface area (Å²) in [6.07, 6.45) is 0.308. The predicted octanol–water partition coefficient (Wildman–Crippen LogP) is 1.45. The van der Waals surface area contributed by atoms with Crippen molar-refractivity contribution in [1.82, 2.24) is 9.88 Å². The summed E-state index contributed by atoms with van der Waals surface area (Å²) in [6, 6.07) is 5.34. The Bertz CT molecular complexity index is 652. The number of nitrogens with one attached hydrogen (secondary N) is 1. The van der Waals surface area contributed by atoms with E-state index in [0.29, 0.717) is 30.0 Å². The monoisotopic (exact) mass is 262 g/mol. The lowest BCUT2D eigenvalue weighted by Crippen LogP contribution is -2.28. The van der Waals surface area contributed by atoms with Crippen molar-refractivity contribution in [2.24, 2.45) is 13.0 Å². The van der Waals surface area contributed by atoms with Gasteiger partial charge in [0.15, 0.2) is 5.58 Å². The van der Waals surface area contributed by atoms with Gasteiger partial charge in [0, 0.05) is 13.6 Å². The van der Waals surface area contributed by atoms with Crippen molar-refractivity contribution in [1.29, 1.82) is 0 Å². The van der Waals surface area contributed by atoms with Gasteiger partial charge >= 0.3 is 5.76 Å². The molecule has 0 spiro atoms. The summed E-state index contributed by atoms with van der Waals surface area (Å²) < 4.78 is 6.48. The molecular formula is C14H18N2O3. The molecule has 0 saturated heterocycles. The normalized spacial score (nSPS) is 11.2. The van der Waals surface area contributed by atoms with Gasteiger partial charge in [-0.15, -0.1) is 0 Å². The highest BCUT2D eigenvalue weighted by molar-refractivity contribution is 5.81. The average Bonchev–Trinajstić information content (AvgIpc) is 2.63. The van der Waals surface area contributed by atoms with Gasteiger partial charge in [-0.3, -0.25) is 9.36 Å². The van der Waals surface area contributed by atoms with Crippen LogP contribution in [0.2, 0.25) is 0 Å². The molecule has 2 aromatic rings. The second kappa shape index (κ2) is 5.30. The third-order valence-electron chi connectivity index (χ3n) is 2.93. The number of carbonyl (C=O) groups is 1. The summed E-state index contributed by atoms with van der Waals surface area (Å²) in [4.78, 5) is 23.1. The lowest BCUT2D eigenvalue weighted by Gasteiger charge is -2.07. The molecule has 0 aliphatic carbocycles. The van der Waals surface area contributed by atoms with Crippen LogP contribution in [0.3, 0.4) is 0 Å². The van der Waals surface area contributed by atoms with E-state index < -0.39 is 5.76 Å². The van der Waals surface area contributed by atoms with Crippen molar-refractivity contribution >= 4 is 17.0 Å². The number of nitrogens with zero attached hydrogens (tertiary/aromatic N) is 1. The quantitative estimate of drug-likeness (QED) is 0.907. The molecule has 0 aliphatic rings. The molecule has 0 radical (unpaired) electrons. The van der Waals surface area contributed by atoms with Gasteiger partial charge in [0.05, 0.1) is 11.9 Å². The van der Waals surface area contributed by atoms with Crippen LogP contribution in [0, 0.1) is 5.92 Å². The molecule has 19 heavy (non-hydrogen) atoms. The number of hydrogen-bond donors (Lipinski definition) is 1. The Hall–Kier alpha value is -2.04. The molecule has 1 N–H and O–H groups in total. The molecule has 1 aromatic heterocycles. The Kier molecular flexibility index (Phi) is 3.74. The van der Waals surface area contributed by atoms with E-state index in [1.54, 1.807) is 19.2 Å². The lowest BCUT2D eigenvalue weighted by atomic mass is 10.1. The summed E-state index contributed by atoms with van der Waals surface area (Å²) in [5, 5.41) is 2.87. The highest BCUT2D eigenvalue weighted by Crippen LogP contribution is 2.14. The zero-order valence-electron chi connectivity index (χ0n) is 11.4. The van der Waals surface area contributed by atoms with Gasteiger partial charge in [0.2, 0.25) is 5.91 Å². The maximum atomic E-state index is 11.7. The van der Waals surface area contributed by atoms with Crippen molar-refractivity contribution in [3.8, 4) is 0 Å². The minimum absolute atomic E-state index is 0.0125. The van der Waals surface area contributed by atoms with E-state index >= 15 is 0 Å². The smallest absolute Gasteiger partial charge is 0.408 e. The number of aryl methyl sites for hydroxylation is 1. The van der Waals surface area contributed by atoms with Gasteiger partial charge in [-0.1, -0.05) is 19.9 Å².